The highest BCUT2D eigenvalue weighted by atomic mass is 19.1. The van der Waals surface area contributed by atoms with Crippen LogP contribution in [0.5, 0.6) is 17.2 Å². The predicted molar refractivity (Wildman–Crippen MR) is 203 cm³/mol. The summed E-state index contributed by atoms with van der Waals surface area (Å²) in [6.07, 6.45) is 3.25. The summed E-state index contributed by atoms with van der Waals surface area (Å²) in [5.74, 6) is 1.41. The molecule has 1 amide bonds. The Kier molecular flexibility index (Phi) is 10.5. The average Bonchev–Trinajstić information content (AvgIpc) is 3.80. The molecule has 4 aromatic carbocycles. The second kappa shape index (κ2) is 15.4. The van der Waals surface area contributed by atoms with Crippen LogP contribution in [0.3, 0.4) is 0 Å². The fraction of sp³-hybridized carbons (Fsp3) is 0.372. The number of aromatic nitrogens is 2. The van der Waals surface area contributed by atoms with E-state index in [2.05, 4.69) is 36.1 Å². The number of nitrogens with zero attached hydrogens (tertiary/aromatic N) is 4. The number of aryl methyl sites for hydroxylation is 1. The van der Waals surface area contributed by atoms with Crippen molar-refractivity contribution in [3.05, 3.63) is 119 Å². The van der Waals surface area contributed by atoms with E-state index in [1.165, 1.54) is 23.3 Å². The maximum atomic E-state index is 14.1. The Morgan fingerprint density at radius 3 is 2.21 bits per heavy atom. The summed E-state index contributed by atoms with van der Waals surface area (Å²) in [6.45, 7) is 6.27. The molecule has 0 spiro atoms. The number of methoxy groups -OCH3 is 3. The quantitative estimate of drug-likeness (QED) is 0.125. The molecule has 0 N–H and O–H groups in total. The lowest BCUT2D eigenvalue weighted by Crippen LogP contribution is -2.41. The lowest BCUT2D eigenvalue weighted by Gasteiger charge is -2.36. The van der Waals surface area contributed by atoms with E-state index in [1.807, 2.05) is 33.7 Å². The van der Waals surface area contributed by atoms with Crippen molar-refractivity contribution < 1.29 is 28.2 Å². The third kappa shape index (κ3) is 7.38. The van der Waals surface area contributed by atoms with Crippen LogP contribution in [-0.2, 0) is 12.0 Å². The summed E-state index contributed by atoms with van der Waals surface area (Å²) >= 11 is 0. The van der Waals surface area contributed by atoms with E-state index in [-0.39, 0.29) is 28.8 Å². The average molecular weight is 719 g/mol. The van der Waals surface area contributed by atoms with Crippen molar-refractivity contribution >= 4 is 22.7 Å². The van der Waals surface area contributed by atoms with Gasteiger partial charge in [-0.05, 0) is 99.8 Å². The SMILES string of the molecule is COc1cc(C(=O)N2CCC(CCN3CCC(C(=O)c4nc5ccccc5n4Cc4ccc(F)cc4)CC3)(c3ccc(C)cc3)C2)cc(OC)c1OC. The molecular formula is C43H47FN4O5. The van der Waals surface area contributed by atoms with Crippen LogP contribution in [0.1, 0.15) is 63.4 Å². The number of halogens is 1. The van der Waals surface area contributed by atoms with Crippen molar-refractivity contribution in [3.63, 3.8) is 0 Å². The van der Waals surface area contributed by atoms with Gasteiger partial charge in [0.2, 0.25) is 11.5 Å². The number of amides is 1. The third-order valence-electron chi connectivity index (χ3n) is 11.2. The van der Waals surface area contributed by atoms with Gasteiger partial charge in [-0.3, -0.25) is 9.59 Å². The van der Waals surface area contributed by atoms with Gasteiger partial charge in [-0.25, -0.2) is 9.37 Å². The lowest BCUT2D eigenvalue weighted by molar-refractivity contribution is 0.0777. The van der Waals surface area contributed by atoms with Gasteiger partial charge in [-0.1, -0.05) is 54.1 Å². The molecule has 2 aliphatic rings. The van der Waals surface area contributed by atoms with Crippen molar-refractivity contribution in [1.29, 1.82) is 0 Å². The zero-order valence-corrected chi connectivity index (χ0v) is 30.9. The predicted octanol–water partition coefficient (Wildman–Crippen LogP) is 7.33. The third-order valence-corrected chi connectivity index (χ3v) is 11.2. The second-order valence-electron chi connectivity index (χ2n) is 14.4. The molecular weight excluding hydrogens is 671 g/mol. The lowest BCUT2D eigenvalue weighted by atomic mass is 9.76. The van der Waals surface area contributed by atoms with E-state index in [9.17, 15) is 14.0 Å². The molecule has 9 nitrogen and oxygen atoms in total. The number of imidazole rings is 1. The van der Waals surface area contributed by atoms with E-state index in [1.54, 1.807) is 45.6 Å². The minimum atomic E-state index is -0.286. The fourth-order valence-electron chi connectivity index (χ4n) is 8.09. The summed E-state index contributed by atoms with van der Waals surface area (Å²) in [5, 5.41) is 0. The summed E-state index contributed by atoms with van der Waals surface area (Å²) in [5.41, 5.74) is 5.33. The zero-order chi connectivity index (χ0) is 37.1. The molecule has 0 bridgehead atoms. The van der Waals surface area contributed by atoms with Gasteiger partial charge in [0, 0.05) is 36.5 Å². The summed E-state index contributed by atoms with van der Waals surface area (Å²) in [6, 6.07) is 26.4. The number of piperidine rings is 1. The normalized spacial score (nSPS) is 18.0. The van der Waals surface area contributed by atoms with Gasteiger partial charge < -0.3 is 28.6 Å². The van der Waals surface area contributed by atoms with Crippen LogP contribution in [0, 0.1) is 18.7 Å². The van der Waals surface area contributed by atoms with Crippen molar-refractivity contribution in [2.45, 2.75) is 44.6 Å². The van der Waals surface area contributed by atoms with Crippen molar-refractivity contribution in [2.75, 3.05) is 54.1 Å². The summed E-state index contributed by atoms with van der Waals surface area (Å²) < 4.78 is 32.2. The number of benzene rings is 4. The molecule has 10 heteroatoms. The number of ketones is 1. The van der Waals surface area contributed by atoms with Gasteiger partial charge >= 0.3 is 0 Å². The first-order chi connectivity index (χ1) is 25.7. The molecule has 2 saturated heterocycles. The van der Waals surface area contributed by atoms with Crippen LogP contribution in [0.15, 0.2) is 84.9 Å². The van der Waals surface area contributed by atoms with Crippen LogP contribution in [-0.4, -0.2) is 85.1 Å². The molecule has 5 aromatic rings. The van der Waals surface area contributed by atoms with Crippen molar-refractivity contribution in [2.24, 2.45) is 5.92 Å². The highest BCUT2D eigenvalue weighted by Gasteiger charge is 2.42. The minimum absolute atomic E-state index is 0.0656. The summed E-state index contributed by atoms with van der Waals surface area (Å²) in [7, 11) is 4.65. The van der Waals surface area contributed by atoms with E-state index in [4.69, 9.17) is 19.2 Å². The molecule has 2 fully saturated rings. The Hall–Kier alpha value is -5.22. The molecule has 276 valence electrons. The Balaban J connectivity index is 1.04. The molecule has 0 radical (unpaired) electrons. The van der Waals surface area contributed by atoms with Gasteiger partial charge in [0.05, 0.1) is 32.4 Å². The maximum absolute atomic E-state index is 14.1. The molecule has 1 aromatic heterocycles. The van der Waals surface area contributed by atoms with Crippen LogP contribution in [0.25, 0.3) is 11.0 Å². The van der Waals surface area contributed by atoms with E-state index >= 15 is 0 Å². The Labute approximate surface area is 310 Å². The summed E-state index contributed by atoms with van der Waals surface area (Å²) in [4.78, 5) is 37.3. The Bertz CT molecular complexity index is 2060. The van der Waals surface area contributed by atoms with E-state index < -0.39 is 0 Å². The first-order valence-corrected chi connectivity index (χ1v) is 18.3. The van der Waals surface area contributed by atoms with E-state index in [0.717, 1.165) is 61.9 Å². The number of hydrogen-bond acceptors (Lipinski definition) is 7. The molecule has 3 heterocycles. The van der Waals surface area contributed by atoms with Crippen molar-refractivity contribution in [3.8, 4) is 17.2 Å². The molecule has 7 rings (SSSR count). The van der Waals surface area contributed by atoms with Gasteiger partial charge in [0.15, 0.2) is 17.3 Å². The molecule has 53 heavy (non-hydrogen) atoms. The van der Waals surface area contributed by atoms with Gasteiger partial charge in [-0.15, -0.1) is 0 Å². The first-order valence-electron chi connectivity index (χ1n) is 18.3. The number of ether oxygens (including phenoxy) is 3. The molecule has 0 saturated carbocycles. The molecule has 0 aliphatic carbocycles. The fourth-order valence-corrected chi connectivity index (χ4v) is 8.09. The second-order valence-corrected chi connectivity index (χ2v) is 14.4. The van der Waals surface area contributed by atoms with Crippen LogP contribution < -0.4 is 14.2 Å². The number of carbonyl (C=O) groups is 2. The smallest absolute Gasteiger partial charge is 0.254 e. The van der Waals surface area contributed by atoms with Crippen molar-refractivity contribution in [1.82, 2.24) is 19.4 Å². The first kappa shape index (κ1) is 36.2. The highest BCUT2D eigenvalue weighted by Crippen LogP contribution is 2.42. The number of fused-ring (bicyclic) bond motifs is 1. The monoisotopic (exact) mass is 718 g/mol. The molecule has 1 unspecified atom stereocenters. The maximum Gasteiger partial charge on any atom is 0.254 e. The number of likely N-dealkylation sites (tertiary alicyclic amines) is 2. The number of para-hydroxylation sites is 2. The highest BCUT2D eigenvalue weighted by molar-refractivity contribution is 5.98. The van der Waals surface area contributed by atoms with Crippen LogP contribution in [0.2, 0.25) is 0 Å². The number of rotatable bonds is 12. The largest absolute Gasteiger partial charge is 0.493 e. The number of Topliss-reactive ketones (excluding diaryl/α,β-unsaturated/α-hetero) is 1. The standard InChI is InChI=1S/C43H47FN4O5/c1-29-9-13-33(14-10-29)43(20-24-47(28-43)42(50)32-25-37(51-2)40(53-4)38(26-32)52-3)19-23-46-21-17-31(18-22-46)39(49)41-45-35-7-5-6-8-36(35)48(41)27-30-11-15-34(44)16-12-30/h5-16,25-26,31H,17-24,27-28H2,1-4H3. The topological polar surface area (TPSA) is 86.1 Å². The molecule has 2 aliphatic heterocycles. The van der Waals surface area contributed by atoms with Gasteiger partial charge in [0.1, 0.15) is 5.82 Å². The number of carbonyl (C=O) groups excluding carboxylic acids is 2. The van der Waals surface area contributed by atoms with Gasteiger partial charge in [-0.2, -0.15) is 0 Å². The number of hydrogen-bond donors (Lipinski definition) is 0. The minimum Gasteiger partial charge on any atom is -0.493 e. The van der Waals surface area contributed by atoms with Crippen LogP contribution >= 0.6 is 0 Å². The van der Waals surface area contributed by atoms with Crippen LogP contribution in [0.4, 0.5) is 4.39 Å². The van der Waals surface area contributed by atoms with E-state index in [0.29, 0.717) is 48.3 Å². The molecule has 1 atom stereocenters. The van der Waals surface area contributed by atoms with Gasteiger partial charge in [0.25, 0.3) is 5.91 Å². The Morgan fingerprint density at radius 2 is 1.55 bits per heavy atom. The Morgan fingerprint density at radius 1 is 0.868 bits per heavy atom. The zero-order valence-electron chi connectivity index (χ0n) is 30.9.